The van der Waals surface area contributed by atoms with Crippen LogP contribution in [-0.2, 0) is 0 Å². The summed E-state index contributed by atoms with van der Waals surface area (Å²) in [5.41, 5.74) is 1.33. The third-order valence-electron chi connectivity index (χ3n) is 3.35. The van der Waals surface area contributed by atoms with E-state index in [4.69, 9.17) is 27.9 Å². The first-order valence-electron chi connectivity index (χ1n) is 7.33. The molecule has 23 heavy (non-hydrogen) atoms. The second kappa shape index (κ2) is 8.09. The monoisotopic (exact) mass is 352 g/mol. The van der Waals surface area contributed by atoms with Crippen molar-refractivity contribution >= 4 is 40.7 Å². The van der Waals surface area contributed by atoms with Gasteiger partial charge in [-0.05, 0) is 38.1 Å². The lowest BCUT2D eigenvalue weighted by atomic mass is 10.2. The SMILES string of the molecule is CCN(CC)c1cccc(OC(=O)Nc2c(Cl)cccc2Cl)c1. The average molecular weight is 353 g/mol. The zero-order valence-electron chi connectivity index (χ0n) is 13.0. The summed E-state index contributed by atoms with van der Waals surface area (Å²) in [5.74, 6) is 0.454. The van der Waals surface area contributed by atoms with Crippen LogP contribution in [0.2, 0.25) is 10.0 Å². The number of amides is 1. The summed E-state index contributed by atoms with van der Waals surface area (Å²) in [4.78, 5) is 14.2. The molecule has 0 aromatic heterocycles. The van der Waals surface area contributed by atoms with E-state index in [1.54, 1.807) is 24.3 Å². The molecule has 2 aromatic rings. The van der Waals surface area contributed by atoms with E-state index in [1.165, 1.54) is 0 Å². The molecular formula is C17H18Cl2N2O2. The fraction of sp³-hybridized carbons (Fsp3) is 0.235. The van der Waals surface area contributed by atoms with Gasteiger partial charge in [-0.1, -0.05) is 35.3 Å². The smallest absolute Gasteiger partial charge is 0.410 e. The van der Waals surface area contributed by atoms with Crippen molar-refractivity contribution in [2.45, 2.75) is 13.8 Å². The van der Waals surface area contributed by atoms with Crippen LogP contribution in [0.3, 0.4) is 0 Å². The van der Waals surface area contributed by atoms with Gasteiger partial charge in [0.15, 0.2) is 0 Å². The number of halogens is 2. The van der Waals surface area contributed by atoms with Gasteiger partial charge in [0.1, 0.15) is 5.75 Å². The summed E-state index contributed by atoms with van der Waals surface area (Å²) in [5, 5.41) is 3.27. The Labute approximate surface area is 146 Å². The molecule has 6 heteroatoms. The topological polar surface area (TPSA) is 41.6 Å². The fourth-order valence-corrected chi connectivity index (χ4v) is 2.68. The molecule has 4 nitrogen and oxygen atoms in total. The highest BCUT2D eigenvalue weighted by molar-refractivity contribution is 6.39. The highest BCUT2D eigenvalue weighted by Crippen LogP contribution is 2.30. The average Bonchev–Trinajstić information content (AvgIpc) is 2.53. The van der Waals surface area contributed by atoms with Gasteiger partial charge in [0, 0.05) is 24.8 Å². The Kier molecular flexibility index (Phi) is 6.13. The van der Waals surface area contributed by atoms with E-state index in [2.05, 4.69) is 24.1 Å². The number of hydrogen-bond donors (Lipinski definition) is 1. The Morgan fingerprint density at radius 3 is 2.30 bits per heavy atom. The number of ether oxygens (including phenoxy) is 1. The number of rotatable bonds is 5. The van der Waals surface area contributed by atoms with Crippen LogP contribution in [0.4, 0.5) is 16.2 Å². The van der Waals surface area contributed by atoms with Crippen molar-refractivity contribution in [1.82, 2.24) is 0 Å². The lowest BCUT2D eigenvalue weighted by molar-refractivity contribution is 0.215. The number of nitrogens with one attached hydrogen (secondary N) is 1. The normalized spacial score (nSPS) is 10.3. The molecule has 2 aromatic carbocycles. The molecule has 122 valence electrons. The molecule has 0 unspecified atom stereocenters. The quantitative estimate of drug-likeness (QED) is 0.777. The Morgan fingerprint density at radius 2 is 1.70 bits per heavy atom. The summed E-state index contributed by atoms with van der Waals surface area (Å²) < 4.78 is 5.31. The Balaban J connectivity index is 2.10. The molecule has 1 N–H and O–H groups in total. The number of para-hydroxylation sites is 1. The van der Waals surface area contributed by atoms with Gasteiger partial charge in [0.2, 0.25) is 0 Å². The predicted molar refractivity (Wildman–Crippen MR) is 96.1 cm³/mol. The van der Waals surface area contributed by atoms with Gasteiger partial charge in [-0.2, -0.15) is 0 Å². The first kappa shape index (κ1) is 17.4. The molecule has 1 amide bonds. The van der Waals surface area contributed by atoms with Crippen molar-refractivity contribution in [2.75, 3.05) is 23.3 Å². The molecule has 0 saturated carbocycles. The number of nitrogens with zero attached hydrogens (tertiary/aromatic N) is 1. The standard InChI is InChI=1S/C17H18Cl2N2O2/c1-3-21(4-2)12-7-5-8-13(11-12)23-17(22)20-16-14(18)9-6-10-15(16)19/h5-11H,3-4H2,1-2H3,(H,20,22). The van der Waals surface area contributed by atoms with Crippen LogP contribution < -0.4 is 15.0 Å². The first-order valence-corrected chi connectivity index (χ1v) is 8.08. The molecule has 0 atom stereocenters. The largest absolute Gasteiger partial charge is 0.417 e. The number of anilines is 2. The maximum atomic E-state index is 12.0. The maximum Gasteiger partial charge on any atom is 0.417 e. The summed E-state index contributed by atoms with van der Waals surface area (Å²) >= 11 is 12.0. The number of carbonyl (C=O) groups excluding carboxylic acids is 1. The number of carbonyl (C=O) groups is 1. The molecular weight excluding hydrogens is 335 g/mol. The Hall–Kier alpha value is -1.91. The molecule has 2 rings (SSSR count). The van der Waals surface area contributed by atoms with Gasteiger partial charge in [-0.25, -0.2) is 4.79 Å². The van der Waals surface area contributed by atoms with Crippen molar-refractivity contribution in [2.24, 2.45) is 0 Å². The molecule has 0 bridgehead atoms. The van der Waals surface area contributed by atoms with E-state index in [0.29, 0.717) is 21.5 Å². The summed E-state index contributed by atoms with van der Waals surface area (Å²) in [6.45, 7) is 5.90. The summed E-state index contributed by atoms with van der Waals surface area (Å²) in [6.07, 6.45) is -0.642. The molecule has 0 aliphatic rings. The van der Waals surface area contributed by atoms with Crippen LogP contribution >= 0.6 is 23.2 Å². The van der Waals surface area contributed by atoms with Gasteiger partial charge < -0.3 is 9.64 Å². The van der Waals surface area contributed by atoms with Crippen LogP contribution in [0.5, 0.6) is 5.75 Å². The number of hydrogen-bond acceptors (Lipinski definition) is 3. The predicted octanol–water partition coefficient (Wildman–Crippen LogP) is 5.45. The van der Waals surface area contributed by atoms with E-state index < -0.39 is 6.09 Å². The lowest BCUT2D eigenvalue weighted by Gasteiger charge is -2.21. The molecule has 0 aliphatic carbocycles. The van der Waals surface area contributed by atoms with Gasteiger partial charge in [0.05, 0.1) is 15.7 Å². The zero-order chi connectivity index (χ0) is 16.8. The van der Waals surface area contributed by atoms with Crippen molar-refractivity contribution in [1.29, 1.82) is 0 Å². The fourth-order valence-electron chi connectivity index (χ4n) is 2.18. The van der Waals surface area contributed by atoms with Crippen molar-refractivity contribution in [3.05, 3.63) is 52.5 Å². The van der Waals surface area contributed by atoms with Crippen LogP contribution in [-0.4, -0.2) is 19.2 Å². The van der Waals surface area contributed by atoms with Crippen LogP contribution in [0, 0.1) is 0 Å². The zero-order valence-corrected chi connectivity index (χ0v) is 14.5. The van der Waals surface area contributed by atoms with Crippen LogP contribution in [0.15, 0.2) is 42.5 Å². The second-order valence-corrected chi connectivity index (χ2v) is 5.60. The van der Waals surface area contributed by atoms with Crippen molar-refractivity contribution in [3.63, 3.8) is 0 Å². The molecule has 0 fully saturated rings. The van der Waals surface area contributed by atoms with Crippen LogP contribution in [0.1, 0.15) is 13.8 Å². The summed E-state index contributed by atoms with van der Waals surface area (Å²) in [7, 11) is 0. The van der Waals surface area contributed by atoms with Gasteiger partial charge in [0.25, 0.3) is 0 Å². The molecule has 0 spiro atoms. The molecule has 0 saturated heterocycles. The third-order valence-corrected chi connectivity index (χ3v) is 3.98. The third kappa shape index (κ3) is 4.53. The Morgan fingerprint density at radius 1 is 1.09 bits per heavy atom. The van der Waals surface area contributed by atoms with E-state index >= 15 is 0 Å². The number of benzene rings is 2. The van der Waals surface area contributed by atoms with Crippen molar-refractivity contribution in [3.8, 4) is 5.75 Å². The first-order chi connectivity index (χ1) is 11.0. The molecule has 0 aliphatic heterocycles. The highest BCUT2D eigenvalue weighted by atomic mass is 35.5. The minimum atomic E-state index is -0.642. The lowest BCUT2D eigenvalue weighted by Crippen LogP contribution is -2.22. The van der Waals surface area contributed by atoms with E-state index in [1.807, 2.05) is 18.2 Å². The van der Waals surface area contributed by atoms with E-state index in [0.717, 1.165) is 18.8 Å². The van der Waals surface area contributed by atoms with Gasteiger partial charge >= 0.3 is 6.09 Å². The molecule has 0 radical (unpaired) electrons. The van der Waals surface area contributed by atoms with Gasteiger partial charge in [-0.15, -0.1) is 0 Å². The second-order valence-electron chi connectivity index (χ2n) is 4.78. The maximum absolute atomic E-state index is 12.0. The van der Waals surface area contributed by atoms with Crippen molar-refractivity contribution < 1.29 is 9.53 Å². The minimum absolute atomic E-state index is 0.334. The van der Waals surface area contributed by atoms with Gasteiger partial charge in [-0.3, -0.25) is 5.32 Å². The molecule has 0 heterocycles. The Bertz CT molecular complexity index is 668. The van der Waals surface area contributed by atoms with E-state index in [9.17, 15) is 4.79 Å². The van der Waals surface area contributed by atoms with Crippen LogP contribution in [0.25, 0.3) is 0 Å². The minimum Gasteiger partial charge on any atom is -0.410 e. The highest BCUT2D eigenvalue weighted by Gasteiger charge is 2.12. The summed E-state index contributed by atoms with van der Waals surface area (Å²) in [6, 6.07) is 12.4. The van der Waals surface area contributed by atoms with E-state index in [-0.39, 0.29) is 0 Å².